The number of rotatable bonds is 4. The number of benzene rings is 2. The number of esters is 1. The zero-order valence-electron chi connectivity index (χ0n) is 14.1. The van der Waals surface area contributed by atoms with Crippen molar-refractivity contribution in [2.24, 2.45) is 0 Å². The molecule has 0 radical (unpaired) electrons. The normalized spacial score (nSPS) is 15.5. The van der Waals surface area contributed by atoms with Crippen LogP contribution in [0.5, 0.6) is 0 Å². The first-order valence-corrected chi connectivity index (χ1v) is 9.89. The molecule has 1 heterocycles. The van der Waals surface area contributed by atoms with Crippen LogP contribution in [0, 0.1) is 0 Å². The summed E-state index contributed by atoms with van der Waals surface area (Å²) in [5.41, 5.74) is 1.75. The van der Waals surface area contributed by atoms with E-state index in [0.29, 0.717) is 37.1 Å². The molecule has 1 aliphatic rings. The van der Waals surface area contributed by atoms with Crippen molar-refractivity contribution in [3.05, 3.63) is 68.5 Å². The lowest BCUT2D eigenvalue weighted by Gasteiger charge is -2.14. The van der Waals surface area contributed by atoms with E-state index in [0.717, 1.165) is 5.56 Å². The summed E-state index contributed by atoms with van der Waals surface area (Å²) in [7, 11) is 0. The van der Waals surface area contributed by atoms with E-state index < -0.39 is 5.97 Å². The van der Waals surface area contributed by atoms with E-state index in [1.54, 1.807) is 55.5 Å². The van der Waals surface area contributed by atoms with Crippen LogP contribution < -0.4 is 4.90 Å². The molecule has 1 amide bonds. The van der Waals surface area contributed by atoms with E-state index in [2.05, 4.69) is 0 Å². The fourth-order valence-electron chi connectivity index (χ4n) is 2.40. The molecule has 0 aliphatic carbocycles. The average molecular weight is 438 g/mol. The third-order valence-corrected chi connectivity index (χ3v) is 5.71. The van der Waals surface area contributed by atoms with E-state index >= 15 is 0 Å². The fourth-order valence-corrected chi connectivity index (χ4v) is 4.01. The number of carbonyl (C=O) groups excluding carboxylic acids is 2. The molecule has 0 spiro atoms. The van der Waals surface area contributed by atoms with Gasteiger partial charge in [-0.2, -0.15) is 0 Å². The minimum atomic E-state index is -0.408. The van der Waals surface area contributed by atoms with Gasteiger partial charge in [-0.15, -0.1) is 0 Å². The van der Waals surface area contributed by atoms with Crippen molar-refractivity contribution in [3.63, 3.8) is 0 Å². The predicted octanol–water partition coefficient (Wildman–Crippen LogP) is 5.58. The molecule has 0 saturated carbocycles. The van der Waals surface area contributed by atoms with Crippen LogP contribution in [0.2, 0.25) is 10.0 Å². The molecular formula is C19H13Cl2NO3S2. The van der Waals surface area contributed by atoms with Crippen molar-refractivity contribution in [1.82, 2.24) is 0 Å². The lowest BCUT2D eigenvalue weighted by Crippen LogP contribution is -2.27. The van der Waals surface area contributed by atoms with Crippen LogP contribution in [-0.4, -0.2) is 22.8 Å². The minimum absolute atomic E-state index is 0.236. The maximum absolute atomic E-state index is 12.8. The smallest absolute Gasteiger partial charge is 0.338 e. The van der Waals surface area contributed by atoms with Crippen LogP contribution in [0.1, 0.15) is 22.8 Å². The minimum Gasteiger partial charge on any atom is -0.462 e. The first kappa shape index (κ1) is 19.9. The molecule has 138 valence electrons. The number of hydrogen-bond acceptors (Lipinski definition) is 5. The van der Waals surface area contributed by atoms with Gasteiger partial charge in [0.15, 0.2) is 4.32 Å². The summed E-state index contributed by atoms with van der Waals surface area (Å²) in [6.45, 7) is 2.04. The summed E-state index contributed by atoms with van der Waals surface area (Å²) in [5, 5.41) is 0.860. The Balaban J connectivity index is 1.84. The number of carbonyl (C=O) groups is 2. The first-order chi connectivity index (χ1) is 12.9. The number of halogens is 2. The second-order valence-electron chi connectivity index (χ2n) is 5.46. The van der Waals surface area contributed by atoms with E-state index in [-0.39, 0.29) is 5.91 Å². The van der Waals surface area contributed by atoms with E-state index in [4.69, 9.17) is 40.2 Å². The van der Waals surface area contributed by atoms with Crippen LogP contribution >= 0.6 is 47.2 Å². The molecule has 1 aliphatic heterocycles. The van der Waals surface area contributed by atoms with E-state index in [1.807, 2.05) is 0 Å². The molecule has 1 fully saturated rings. The molecule has 0 bridgehead atoms. The average Bonchev–Trinajstić information content (AvgIpc) is 2.92. The van der Waals surface area contributed by atoms with Crippen LogP contribution in [0.3, 0.4) is 0 Å². The van der Waals surface area contributed by atoms with E-state index in [9.17, 15) is 9.59 Å². The molecule has 2 aromatic rings. The molecule has 0 N–H and O–H groups in total. The Morgan fingerprint density at radius 2 is 1.89 bits per heavy atom. The van der Waals surface area contributed by atoms with Gasteiger partial charge >= 0.3 is 5.97 Å². The van der Waals surface area contributed by atoms with Crippen LogP contribution in [0.25, 0.3) is 6.08 Å². The highest BCUT2D eigenvalue weighted by atomic mass is 35.5. The number of thiocarbonyl (C=S) groups is 1. The highest BCUT2D eigenvalue weighted by Gasteiger charge is 2.33. The number of thioether (sulfide) groups is 1. The molecule has 0 atom stereocenters. The fraction of sp³-hybridized carbons (Fsp3) is 0.105. The number of amides is 1. The Morgan fingerprint density at radius 3 is 2.52 bits per heavy atom. The van der Waals surface area contributed by atoms with Crippen LogP contribution in [-0.2, 0) is 9.53 Å². The third kappa shape index (κ3) is 4.35. The molecule has 2 aromatic carbocycles. The van der Waals surface area contributed by atoms with Gasteiger partial charge in [0.2, 0.25) is 0 Å². The predicted molar refractivity (Wildman–Crippen MR) is 115 cm³/mol. The zero-order chi connectivity index (χ0) is 19.6. The Morgan fingerprint density at radius 1 is 1.19 bits per heavy atom. The summed E-state index contributed by atoms with van der Waals surface area (Å²) in [5.74, 6) is -0.645. The van der Waals surface area contributed by atoms with Crippen molar-refractivity contribution in [2.75, 3.05) is 11.5 Å². The highest BCUT2D eigenvalue weighted by molar-refractivity contribution is 8.27. The van der Waals surface area contributed by atoms with Gasteiger partial charge < -0.3 is 4.74 Å². The van der Waals surface area contributed by atoms with Gasteiger partial charge in [-0.05, 0) is 55.0 Å². The van der Waals surface area contributed by atoms with Crippen molar-refractivity contribution in [1.29, 1.82) is 0 Å². The Hall–Kier alpha value is -1.86. The standard InChI is InChI=1S/C19H13Cl2NO3S2/c1-2-25-18(24)12-4-6-13(7-5-12)22-17(23)16(27-19(22)26)10-11-3-8-14(20)15(21)9-11/h3-10H,2H2,1H3/b16-10-. The van der Waals surface area contributed by atoms with Crippen molar-refractivity contribution >= 4 is 75.1 Å². The second kappa shape index (κ2) is 8.44. The Labute approximate surface area is 176 Å². The van der Waals surface area contributed by atoms with Crippen molar-refractivity contribution in [2.45, 2.75) is 6.92 Å². The van der Waals surface area contributed by atoms with Gasteiger partial charge in [0.1, 0.15) is 0 Å². The maximum Gasteiger partial charge on any atom is 0.338 e. The molecule has 1 saturated heterocycles. The summed E-state index contributed by atoms with van der Waals surface area (Å²) in [6.07, 6.45) is 1.72. The number of ether oxygens (including phenoxy) is 1. The maximum atomic E-state index is 12.8. The topological polar surface area (TPSA) is 46.6 Å². The third-order valence-electron chi connectivity index (χ3n) is 3.67. The SMILES string of the molecule is CCOC(=O)c1ccc(N2C(=O)/C(=C/c3ccc(Cl)c(Cl)c3)SC2=S)cc1. The van der Waals surface area contributed by atoms with Gasteiger partial charge in [-0.3, -0.25) is 9.69 Å². The Bertz CT molecular complexity index is 958. The van der Waals surface area contributed by atoms with Crippen molar-refractivity contribution < 1.29 is 14.3 Å². The number of nitrogens with zero attached hydrogens (tertiary/aromatic N) is 1. The zero-order valence-corrected chi connectivity index (χ0v) is 17.2. The molecule has 3 rings (SSSR count). The molecule has 8 heteroatoms. The summed E-state index contributed by atoms with van der Waals surface area (Å²) >= 11 is 18.5. The van der Waals surface area contributed by atoms with Gasteiger partial charge in [0.25, 0.3) is 5.91 Å². The molecule has 0 unspecified atom stereocenters. The number of anilines is 1. The van der Waals surface area contributed by atoms with Crippen LogP contribution in [0.4, 0.5) is 5.69 Å². The summed E-state index contributed by atoms with van der Waals surface area (Å²) in [4.78, 5) is 26.5. The van der Waals surface area contributed by atoms with Crippen LogP contribution in [0.15, 0.2) is 47.4 Å². The molecule has 27 heavy (non-hydrogen) atoms. The lowest BCUT2D eigenvalue weighted by molar-refractivity contribution is -0.113. The van der Waals surface area contributed by atoms with Gasteiger partial charge in [0, 0.05) is 0 Å². The molecule has 0 aromatic heterocycles. The second-order valence-corrected chi connectivity index (χ2v) is 7.95. The molecule has 4 nitrogen and oxygen atoms in total. The van der Waals surface area contributed by atoms with E-state index in [1.165, 1.54) is 16.7 Å². The molecular weight excluding hydrogens is 425 g/mol. The highest BCUT2D eigenvalue weighted by Crippen LogP contribution is 2.36. The van der Waals surface area contributed by atoms with Gasteiger partial charge in [0.05, 0.1) is 32.8 Å². The van der Waals surface area contributed by atoms with Crippen molar-refractivity contribution in [3.8, 4) is 0 Å². The Kier molecular flexibility index (Phi) is 6.22. The summed E-state index contributed by atoms with van der Waals surface area (Å²) in [6, 6.07) is 11.7. The quantitative estimate of drug-likeness (QED) is 0.355. The summed E-state index contributed by atoms with van der Waals surface area (Å²) < 4.78 is 5.37. The number of hydrogen-bond donors (Lipinski definition) is 0. The van der Waals surface area contributed by atoms with Gasteiger partial charge in [-0.25, -0.2) is 4.79 Å². The van der Waals surface area contributed by atoms with Gasteiger partial charge in [-0.1, -0.05) is 53.2 Å². The largest absolute Gasteiger partial charge is 0.462 e. The monoisotopic (exact) mass is 437 g/mol. The lowest BCUT2D eigenvalue weighted by atomic mass is 10.2. The first-order valence-electron chi connectivity index (χ1n) is 7.91.